The molecule has 2 aliphatic heterocycles. The van der Waals surface area contributed by atoms with Gasteiger partial charge in [0.15, 0.2) is 0 Å². The highest BCUT2D eigenvalue weighted by Crippen LogP contribution is 2.41. The van der Waals surface area contributed by atoms with Crippen molar-refractivity contribution in [2.75, 3.05) is 26.2 Å². The molecule has 0 bridgehead atoms. The molecule has 110 valence electrons. The number of rotatable bonds is 2. The van der Waals surface area contributed by atoms with Crippen LogP contribution < -0.4 is 5.32 Å². The van der Waals surface area contributed by atoms with Gasteiger partial charge in [0.1, 0.15) is 0 Å². The fourth-order valence-corrected chi connectivity index (χ4v) is 3.74. The van der Waals surface area contributed by atoms with E-state index < -0.39 is 0 Å². The maximum absolute atomic E-state index is 12.4. The number of carbonyl (C=O) groups is 1. The lowest BCUT2D eigenvalue weighted by Gasteiger charge is -2.45. The van der Waals surface area contributed by atoms with Crippen LogP contribution in [0.5, 0.6) is 0 Å². The molecule has 0 aromatic rings. The van der Waals surface area contributed by atoms with E-state index in [0.29, 0.717) is 17.2 Å². The minimum absolute atomic E-state index is 0. The zero-order valence-corrected chi connectivity index (χ0v) is 12.8. The van der Waals surface area contributed by atoms with E-state index in [1.165, 1.54) is 51.6 Å². The molecule has 19 heavy (non-hydrogen) atoms. The number of piperidine rings is 2. The van der Waals surface area contributed by atoms with Gasteiger partial charge in [0.25, 0.3) is 0 Å². The molecule has 1 unspecified atom stereocenters. The van der Waals surface area contributed by atoms with E-state index in [0.717, 1.165) is 13.1 Å². The van der Waals surface area contributed by atoms with E-state index >= 15 is 0 Å². The van der Waals surface area contributed by atoms with Gasteiger partial charge in [0.05, 0.1) is 0 Å². The average molecular weight is 287 g/mol. The molecule has 1 atom stereocenters. The van der Waals surface area contributed by atoms with Gasteiger partial charge in [-0.2, -0.15) is 0 Å². The van der Waals surface area contributed by atoms with Crippen LogP contribution in [0.3, 0.4) is 0 Å². The maximum atomic E-state index is 12.4. The van der Waals surface area contributed by atoms with Crippen molar-refractivity contribution in [2.45, 2.75) is 45.4 Å². The van der Waals surface area contributed by atoms with Gasteiger partial charge in [-0.15, -0.1) is 12.4 Å². The van der Waals surface area contributed by atoms with Gasteiger partial charge in [0.2, 0.25) is 5.91 Å². The van der Waals surface area contributed by atoms with Crippen LogP contribution in [-0.4, -0.2) is 37.0 Å². The second-order valence-corrected chi connectivity index (χ2v) is 6.70. The standard InChI is InChI=1S/C15H26N2O.ClH/c1-12(13-2-3-13)14(18)17-10-6-15(7-11-17)4-8-16-9-5-15;/h12-13,16H,2-11H2,1H3;1H. The van der Waals surface area contributed by atoms with E-state index in [2.05, 4.69) is 17.1 Å². The molecule has 3 fully saturated rings. The molecule has 1 aliphatic carbocycles. The van der Waals surface area contributed by atoms with Gasteiger partial charge in [-0.25, -0.2) is 0 Å². The Kier molecular flexibility index (Phi) is 4.78. The third-order valence-corrected chi connectivity index (χ3v) is 5.52. The zero-order chi connectivity index (χ0) is 12.6. The molecule has 3 nitrogen and oxygen atoms in total. The lowest BCUT2D eigenvalue weighted by molar-refractivity contribution is -0.138. The first kappa shape index (κ1) is 15.1. The fraction of sp³-hybridized carbons (Fsp3) is 0.933. The lowest BCUT2D eigenvalue weighted by Crippen LogP contribution is -2.48. The Morgan fingerprint density at radius 3 is 2.26 bits per heavy atom. The minimum Gasteiger partial charge on any atom is -0.342 e. The molecule has 1 N–H and O–H groups in total. The largest absolute Gasteiger partial charge is 0.342 e. The van der Waals surface area contributed by atoms with Crippen LogP contribution in [-0.2, 0) is 4.79 Å². The molecule has 0 aromatic carbocycles. The Bertz CT molecular complexity index is 314. The molecule has 0 aromatic heterocycles. The molecular formula is C15H27ClN2O. The quantitative estimate of drug-likeness (QED) is 0.846. The molecule has 0 radical (unpaired) electrons. The van der Waals surface area contributed by atoms with Crippen LogP contribution in [0.15, 0.2) is 0 Å². The summed E-state index contributed by atoms with van der Waals surface area (Å²) in [5, 5.41) is 3.45. The average Bonchev–Trinajstić information content (AvgIpc) is 3.23. The first-order chi connectivity index (χ1) is 8.70. The molecule has 1 saturated carbocycles. The summed E-state index contributed by atoms with van der Waals surface area (Å²) in [6, 6.07) is 0. The highest BCUT2D eigenvalue weighted by Gasteiger charge is 2.40. The van der Waals surface area contributed by atoms with Crippen LogP contribution >= 0.6 is 12.4 Å². The van der Waals surface area contributed by atoms with E-state index in [1.54, 1.807) is 0 Å². The summed E-state index contributed by atoms with van der Waals surface area (Å²) in [6.07, 6.45) is 7.64. The third kappa shape index (κ3) is 3.25. The number of hydrogen-bond donors (Lipinski definition) is 1. The van der Waals surface area contributed by atoms with Gasteiger partial charge < -0.3 is 10.2 Å². The SMILES string of the molecule is CC(C(=O)N1CCC2(CCNCC2)CC1)C1CC1.Cl. The predicted molar refractivity (Wildman–Crippen MR) is 79.5 cm³/mol. The van der Waals surface area contributed by atoms with Crippen molar-refractivity contribution >= 4 is 18.3 Å². The Labute approximate surface area is 122 Å². The fourth-order valence-electron chi connectivity index (χ4n) is 3.74. The van der Waals surface area contributed by atoms with Gasteiger partial charge in [-0.3, -0.25) is 4.79 Å². The number of halogens is 1. The van der Waals surface area contributed by atoms with Gasteiger partial charge in [0, 0.05) is 19.0 Å². The summed E-state index contributed by atoms with van der Waals surface area (Å²) in [5.74, 6) is 1.42. The minimum atomic E-state index is 0. The van der Waals surface area contributed by atoms with Crippen molar-refractivity contribution in [2.24, 2.45) is 17.3 Å². The molecular weight excluding hydrogens is 260 g/mol. The van der Waals surface area contributed by atoms with Crippen molar-refractivity contribution in [3.05, 3.63) is 0 Å². The van der Waals surface area contributed by atoms with E-state index in [-0.39, 0.29) is 18.3 Å². The van der Waals surface area contributed by atoms with Gasteiger partial charge in [-0.1, -0.05) is 6.92 Å². The van der Waals surface area contributed by atoms with Crippen molar-refractivity contribution in [1.82, 2.24) is 10.2 Å². The van der Waals surface area contributed by atoms with E-state index in [1.807, 2.05) is 0 Å². The summed E-state index contributed by atoms with van der Waals surface area (Å²) in [6.45, 7) is 6.50. The normalized spacial score (nSPS) is 27.7. The molecule has 4 heteroatoms. The van der Waals surface area contributed by atoms with E-state index in [9.17, 15) is 4.79 Å². The number of nitrogens with zero attached hydrogens (tertiary/aromatic N) is 1. The summed E-state index contributed by atoms with van der Waals surface area (Å²) < 4.78 is 0. The smallest absolute Gasteiger partial charge is 0.225 e. The molecule has 3 rings (SSSR count). The van der Waals surface area contributed by atoms with Crippen molar-refractivity contribution in [3.63, 3.8) is 0 Å². The Morgan fingerprint density at radius 1 is 1.16 bits per heavy atom. The first-order valence-electron chi connectivity index (χ1n) is 7.70. The highest BCUT2D eigenvalue weighted by molar-refractivity contribution is 5.85. The summed E-state index contributed by atoms with van der Waals surface area (Å²) >= 11 is 0. The monoisotopic (exact) mass is 286 g/mol. The Hall–Kier alpha value is -0.280. The van der Waals surface area contributed by atoms with Gasteiger partial charge >= 0.3 is 0 Å². The first-order valence-corrected chi connectivity index (χ1v) is 7.70. The molecule has 1 spiro atoms. The van der Waals surface area contributed by atoms with Crippen molar-refractivity contribution in [3.8, 4) is 0 Å². The number of likely N-dealkylation sites (tertiary alicyclic amines) is 1. The zero-order valence-electron chi connectivity index (χ0n) is 12.0. The third-order valence-electron chi connectivity index (χ3n) is 5.52. The van der Waals surface area contributed by atoms with E-state index in [4.69, 9.17) is 0 Å². The second-order valence-electron chi connectivity index (χ2n) is 6.70. The Morgan fingerprint density at radius 2 is 1.74 bits per heavy atom. The van der Waals surface area contributed by atoms with Crippen molar-refractivity contribution in [1.29, 1.82) is 0 Å². The lowest BCUT2D eigenvalue weighted by atomic mass is 9.71. The van der Waals surface area contributed by atoms with Crippen LogP contribution in [0.4, 0.5) is 0 Å². The summed E-state index contributed by atoms with van der Waals surface area (Å²) in [4.78, 5) is 14.5. The molecule has 3 aliphatic rings. The van der Waals surface area contributed by atoms with Crippen LogP contribution in [0.1, 0.15) is 45.4 Å². The van der Waals surface area contributed by atoms with Crippen molar-refractivity contribution < 1.29 is 4.79 Å². The van der Waals surface area contributed by atoms with Crippen LogP contribution in [0.25, 0.3) is 0 Å². The topological polar surface area (TPSA) is 32.3 Å². The van der Waals surface area contributed by atoms with Crippen LogP contribution in [0, 0.1) is 17.3 Å². The highest BCUT2D eigenvalue weighted by atomic mass is 35.5. The number of carbonyl (C=O) groups excluding carboxylic acids is 1. The molecule has 1 amide bonds. The molecule has 2 heterocycles. The number of amides is 1. The Balaban J connectivity index is 0.00000133. The summed E-state index contributed by atoms with van der Waals surface area (Å²) in [7, 11) is 0. The second kappa shape index (κ2) is 6.01. The van der Waals surface area contributed by atoms with Crippen LogP contribution in [0.2, 0.25) is 0 Å². The maximum Gasteiger partial charge on any atom is 0.225 e. The van der Waals surface area contributed by atoms with Gasteiger partial charge in [-0.05, 0) is 62.9 Å². The predicted octanol–water partition coefficient (Wildman–Crippen LogP) is 2.45. The summed E-state index contributed by atoms with van der Waals surface area (Å²) in [5.41, 5.74) is 0.560. The number of hydrogen-bond acceptors (Lipinski definition) is 2. The molecule has 2 saturated heterocycles. The number of nitrogens with one attached hydrogen (secondary N) is 1.